The first-order valence-corrected chi connectivity index (χ1v) is 8.61. The van der Waals surface area contributed by atoms with Crippen molar-refractivity contribution in [3.05, 3.63) is 59.6 Å². The number of rotatable bonds is 2. The zero-order chi connectivity index (χ0) is 15.6. The molecule has 0 aliphatic carbocycles. The summed E-state index contributed by atoms with van der Waals surface area (Å²) >= 11 is 1.69. The van der Waals surface area contributed by atoms with E-state index in [4.69, 9.17) is 4.98 Å². The smallest absolute Gasteiger partial charge is 0.315 e. The highest BCUT2D eigenvalue weighted by molar-refractivity contribution is 7.18. The lowest BCUT2D eigenvalue weighted by molar-refractivity contribution is 0.207. The standard InChI is InChI=1S/C18H17N3OS/c22-18(19-13-7-2-1-3-8-13)21-12-6-10-15(21)17-20-14-9-4-5-11-16(14)23-17/h1-5,7-9,11,15H,6,10,12H2,(H,19,22)/t15-/m0/s1. The van der Waals surface area contributed by atoms with E-state index in [-0.39, 0.29) is 12.1 Å². The number of carbonyl (C=O) groups excluding carboxylic acids is 1. The van der Waals surface area contributed by atoms with E-state index in [1.54, 1.807) is 11.3 Å². The molecule has 4 nitrogen and oxygen atoms in total. The minimum atomic E-state index is -0.0436. The van der Waals surface area contributed by atoms with Gasteiger partial charge in [0.25, 0.3) is 0 Å². The molecule has 0 unspecified atom stereocenters. The molecule has 1 N–H and O–H groups in total. The Morgan fingerprint density at radius 1 is 1.13 bits per heavy atom. The van der Waals surface area contributed by atoms with Crippen molar-refractivity contribution >= 4 is 33.3 Å². The predicted octanol–water partition coefficient (Wildman–Crippen LogP) is 4.67. The average molecular weight is 323 g/mol. The number of likely N-dealkylation sites (tertiary alicyclic amines) is 1. The molecule has 2 heterocycles. The van der Waals surface area contributed by atoms with Gasteiger partial charge in [0, 0.05) is 12.2 Å². The fourth-order valence-corrected chi connectivity index (χ4v) is 4.13. The summed E-state index contributed by atoms with van der Waals surface area (Å²) < 4.78 is 1.18. The van der Waals surface area contributed by atoms with Crippen LogP contribution in [0.1, 0.15) is 23.9 Å². The number of hydrogen-bond donors (Lipinski definition) is 1. The first-order valence-electron chi connectivity index (χ1n) is 7.79. The Bertz CT molecular complexity index is 797. The van der Waals surface area contributed by atoms with Gasteiger partial charge in [-0.25, -0.2) is 9.78 Å². The largest absolute Gasteiger partial charge is 0.322 e. The summed E-state index contributed by atoms with van der Waals surface area (Å²) in [5.41, 5.74) is 1.84. The molecular formula is C18H17N3OS. The highest BCUT2D eigenvalue weighted by Gasteiger charge is 2.32. The third-order valence-electron chi connectivity index (χ3n) is 4.13. The lowest BCUT2D eigenvalue weighted by atomic mass is 10.2. The monoisotopic (exact) mass is 323 g/mol. The lowest BCUT2D eigenvalue weighted by Gasteiger charge is -2.23. The number of urea groups is 1. The van der Waals surface area contributed by atoms with Crippen molar-refractivity contribution in [2.24, 2.45) is 0 Å². The highest BCUT2D eigenvalue weighted by atomic mass is 32.1. The zero-order valence-corrected chi connectivity index (χ0v) is 13.4. The van der Waals surface area contributed by atoms with Gasteiger partial charge in [0.1, 0.15) is 5.01 Å². The van der Waals surface area contributed by atoms with Crippen LogP contribution in [-0.2, 0) is 0 Å². The summed E-state index contributed by atoms with van der Waals surface area (Å²) in [6.07, 6.45) is 1.99. The topological polar surface area (TPSA) is 45.2 Å². The number of amides is 2. The number of carbonyl (C=O) groups is 1. The highest BCUT2D eigenvalue weighted by Crippen LogP contribution is 2.36. The Labute approximate surface area is 138 Å². The summed E-state index contributed by atoms with van der Waals surface area (Å²) in [7, 11) is 0. The minimum absolute atomic E-state index is 0.0436. The number of benzene rings is 2. The van der Waals surface area contributed by atoms with Crippen LogP contribution in [0.2, 0.25) is 0 Å². The Hall–Kier alpha value is -2.40. The number of fused-ring (bicyclic) bond motifs is 1. The van der Waals surface area contributed by atoms with Crippen molar-refractivity contribution in [1.29, 1.82) is 0 Å². The molecular weight excluding hydrogens is 306 g/mol. The van der Waals surface area contributed by atoms with Gasteiger partial charge in [-0.15, -0.1) is 11.3 Å². The molecule has 116 valence electrons. The molecule has 0 spiro atoms. The Kier molecular flexibility index (Phi) is 3.71. The van der Waals surface area contributed by atoms with E-state index < -0.39 is 0 Å². The van der Waals surface area contributed by atoms with Gasteiger partial charge in [0.05, 0.1) is 16.3 Å². The Morgan fingerprint density at radius 3 is 2.74 bits per heavy atom. The van der Waals surface area contributed by atoms with Crippen LogP contribution >= 0.6 is 11.3 Å². The lowest BCUT2D eigenvalue weighted by Crippen LogP contribution is -2.34. The molecule has 1 fully saturated rings. The van der Waals surface area contributed by atoms with Gasteiger partial charge >= 0.3 is 6.03 Å². The number of para-hydroxylation sites is 2. The molecule has 1 atom stereocenters. The van der Waals surface area contributed by atoms with Crippen molar-refractivity contribution in [2.75, 3.05) is 11.9 Å². The molecule has 2 amide bonds. The number of nitrogens with one attached hydrogen (secondary N) is 1. The molecule has 1 aliphatic heterocycles. The van der Waals surface area contributed by atoms with E-state index in [2.05, 4.69) is 11.4 Å². The molecule has 2 aromatic carbocycles. The van der Waals surface area contributed by atoms with Crippen molar-refractivity contribution in [3.8, 4) is 0 Å². The summed E-state index contributed by atoms with van der Waals surface area (Å²) in [6, 6.07) is 17.8. The van der Waals surface area contributed by atoms with Crippen LogP contribution in [0.15, 0.2) is 54.6 Å². The van der Waals surface area contributed by atoms with Crippen molar-refractivity contribution in [3.63, 3.8) is 0 Å². The van der Waals surface area contributed by atoms with Gasteiger partial charge in [-0.05, 0) is 37.1 Å². The molecule has 1 saturated heterocycles. The van der Waals surface area contributed by atoms with E-state index in [0.29, 0.717) is 0 Å². The average Bonchev–Trinajstić information content (AvgIpc) is 3.22. The van der Waals surface area contributed by atoms with Crippen LogP contribution in [0.4, 0.5) is 10.5 Å². The third-order valence-corrected chi connectivity index (χ3v) is 5.27. The summed E-state index contributed by atoms with van der Waals surface area (Å²) in [5, 5.41) is 4.02. The second kappa shape index (κ2) is 6.01. The first kappa shape index (κ1) is 14.2. The van der Waals surface area contributed by atoms with Crippen molar-refractivity contribution in [2.45, 2.75) is 18.9 Å². The van der Waals surface area contributed by atoms with Crippen molar-refractivity contribution < 1.29 is 4.79 Å². The van der Waals surface area contributed by atoms with Crippen LogP contribution in [0.3, 0.4) is 0 Å². The van der Waals surface area contributed by atoms with Crippen LogP contribution < -0.4 is 5.32 Å². The molecule has 3 aromatic rings. The molecule has 0 bridgehead atoms. The normalized spacial score (nSPS) is 17.6. The van der Waals surface area contributed by atoms with Crippen molar-refractivity contribution in [1.82, 2.24) is 9.88 Å². The van der Waals surface area contributed by atoms with Gasteiger partial charge in [0.2, 0.25) is 0 Å². The maximum atomic E-state index is 12.6. The summed E-state index contributed by atoms with van der Waals surface area (Å²) in [4.78, 5) is 19.2. The number of thiazole rings is 1. The van der Waals surface area contributed by atoms with E-state index >= 15 is 0 Å². The fraction of sp³-hybridized carbons (Fsp3) is 0.222. The third kappa shape index (κ3) is 2.80. The van der Waals surface area contributed by atoms with Crippen LogP contribution in [0.5, 0.6) is 0 Å². The van der Waals surface area contributed by atoms with E-state index in [1.165, 1.54) is 4.70 Å². The van der Waals surface area contributed by atoms with E-state index in [9.17, 15) is 4.79 Å². The number of aromatic nitrogens is 1. The second-order valence-electron chi connectivity index (χ2n) is 5.67. The molecule has 0 radical (unpaired) electrons. The molecule has 23 heavy (non-hydrogen) atoms. The van der Waals surface area contributed by atoms with Crippen LogP contribution in [-0.4, -0.2) is 22.5 Å². The quantitative estimate of drug-likeness (QED) is 0.745. The predicted molar refractivity (Wildman–Crippen MR) is 93.8 cm³/mol. The Balaban J connectivity index is 1.57. The van der Waals surface area contributed by atoms with Crippen LogP contribution in [0, 0.1) is 0 Å². The second-order valence-corrected chi connectivity index (χ2v) is 6.73. The van der Waals surface area contributed by atoms with Gasteiger partial charge in [-0.3, -0.25) is 0 Å². The maximum Gasteiger partial charge on any atom is 0.322 e. The Morgan fingerprint density at radius 2 is 1.91 bits per heavy atom. The van der Waals surface area contributed by atoms with Gasteiger partial charge < -0.3 is 10.2 Å². The zero-order valence-electron chi connectivity index (χ0n) is 12.6. The maximum absolute atomic E-state index is 12.6. The molecule has 0 saturated carbocycles. The van der Waals surface area contributed by atoms with Gasteiger partial charge in [-0.1, -0.05) is 30.3 Å². The summed E-state index contributed by atoms with van der Waals surface area (Å²) in [6.45, 7) is 0.777. The SMILES string of the molecule is O=C(Nc1ccccc1)N1CCC[C@H]1c1nc2ccccc2s1. The summed E-state index contributed by atoms with van der Waals surface area (Å²) in [5.74, 6) is 0. The molecule has 1 aliphatic rings. The molecule has 4 rings (SSSR count). The minimum Gasteiger partial charge on any atom is -0.315 e. The van der Waals surface area contributed by atoms with Crippen LogP contribution in [0.25, 0.3) is 10.2 Å². The number of nitrogens with zero attached hydrogens (tertiary/aromatic N) is 2. The first-order chi connectivity index (χ1) is 11.3. The number of anilines is 1. The van der Waals surface area contributed by atoms with E-state index in [0.717, 1.165) is 35.6 Å². The molecule has 5 heteroatoms. The van der Waals surface area contributed by atoms with Gasteiger partial charge in [-0.2, -0.15) is 0 Å². The van der Waals surface area contributed by atoms with E-state index in [1.807, 2.05) is 53.4 Å². The fourth-order valence-electron chi connectivity index (χ4n) is 3.02. The molecule has 1 aromatic heterocycles. The van der Waals surface area contributed by atoms with Gasteiger partial charge in [0.15, 0.2) is 0 Å². The number of hydrogen-bond acceptors (Lipinski definition) is 3.